The number of carbonyl (C=O) groups is 2. The van der Waals surface area contributed by atoms with Crippen molar-refractivity contribution in [2.75, 3.05) is 7.11 Å². The molecule has 8 nitrogen and oxygen atoms in total. The third kappa shape index (κ3) is 11.3. The summed E-state index contributed by atoms with van der Waals surface area (Å²) >= 11 is 0. The van der Waals surface area contributed by atoms with Crippen molar-refractivity contribution in [3.05, 3.63) is 180 Å². The molecule has 310 valence electrons. The number of esters is 1. The van der Waals surface area contributed by atoms with Crippen LogP contribution < -0.4 is 18.9 Å². The van der Waals surface area contributed by atoms with Gasteiger partial charge in [0.2, 0.25) is 0 Å². The Morgan fingerprint density at radius 1 is 0.417 bits per heavy atom. The van der Waals surface area contributed by atoms with Gasteiger partial charge in [-0.15, -0.1) is 0 Å². The minimum Gasteiger partial charge on any atom is -0.508 e. The van der Waals surface area contributed by atoms with E-state index in [0.717, 1.165) is 31.4 Å². The van der Waals surface area contributed by atoms with Crippen LogP contribution in [0.5, 0.6) is 34.5 Å². The maximum absolute atomic E-state index is 11.3. The number of rotatable bonds is 8. The molecule has 0 amide bonds. The van der Waals surface area contributed by atoms with E-state index in [1.807, 2.05) is 60.7 Å². The Morgan fingerprint density at radius 2 is 0.733 bits per heavy atom. The quantitative estimate of drug-likeness (QED) is 0.0888. The largest absolute Gasteiger partial charge is 0.519 e. The van der Waals surface area contributed by atoms with Crippen LogP contribution in [-0.4, -0.2) is 29.4 Å². The molecule has 2 aliphatic carbocycles. The minimum atomic E-state index is -0.739. The SMILES string of the molecule is COc1ccc(C2(c3ccc(OC(C)=O)cc3)CCCCC2)cc1.O=C(Oc1ccccc1)Oc1ccccc1.Oc1ccc(C2(c3ccc(O)cc3)CCCCC2)cc1. The van der Waals surface area contributed by atoms with Crippen LogP contribution in [0.1, 0.15) is 93.4 Å². The number of phenols is 2. The van der Waals surface area contributed by atoms with Gasteiger partial charge in [0, 0.05) is 17.8 Å². The molecule has 8 heteroatoms. The lowest BCUT2D eigenvalue weighted by atomic mass is 9.65. The molecule has 0 heterocycles. The molecule has 0 saturated heterocycles. The number of ether oxygens (including phenoxy) is 4. The zero-order chi connectivity index (χ0) is 42.2. The summed E-state index contributed by atoms with van der Waals surface area (Å²) in [5, 5.41) is 19.0. The van der Waals surface area contributed by atoms with Crippen LogP contribution in [0.25, 0.3) is 0 Å². The highest BCUT2D eigenvalue weighted by atomic mass is 16.7. The van der Waals surface area contributed by atoms with Crippen molar-refractivity contribution < 1.29 is 38.7 Å². The molecule has 0 aromatic heterocycles. The standard InChI is InChI=1S/C21H24O3.C18H20O2.C13H10O3/c1-16(22)24-20-12-8-18(9-13-20)21(14-4-3-5-15-21)17-6-10-19(23-2)11-7-17;19-16-8-4-14(5-9-16)18(12-2-1-3-13-18)15-6-10-17(20)11-7-15;14-13(15-11-7-3-1-4-8-11)16-12-9-5-2-6-10-12/h6-13H,3-5,14-15H2,1-2H3;4-11,19-20H,1-3,12-13H2;1-10H. The number of phenolic OH excluding ortho intramolecular Hbond substituents is 2. The van der Waals surface area contributed by atoms with Crippen molar-refractivity contribution in [2.45, 2.75) is 82.0 Å². The van der Waals surface area contributed by atoms with Crippen LogP contribution in [0.3, 0.4) is 0 Å². The van der Waals surface area contributed by atoms with E-state index in [9.17, 15) is 19.8 Å². The second-order valence-corrected chi connectivity index (χ2v) is 15.3. The summed E-state index contributed by atoms with van der Waals surface area (Å²) in [7, 11) is 1.69. The fourth-order valence-electron chi connectivity index (χ4n) is 8.47. The van der Waals surface area contributed by atoms with Gasteiger partial charge in [-0.3, -0.25) is 4.79 Å². The zero-order valence-corrected chi connectivity index (χ0v) is 34.4. The molecule has 0 bridgehead atoms. The lowest BCUT2D eigenvalue weighted by molar-refractivity contribution is -0.131. The molecule has 2 saturated carbocycles. The molecule has 0 spiro atoms. The smallest absolute Gasteiger partial charge is 0.508 e. The summed E-state index contributed by atoms with van der Waals surface area (Å²) < 4.78 is 20.4. The van der Waals surface area contributed by atoms with Gasteiger partial charge in [-0.2, -0.15) is 0 Å². The Bertz CT molecular complexity index is 2120. The molecule has 0 unspecified atom stereocenters. The van der Waals surface area contributed by atoms with Crippen molar-refractivity contribution in [2.24, 2.45) is 0 Å². The van der Waals surface area contributed by atoms with E-state index in [-0.39, 0.29) is 16.8 Å². The van der Waals surface area contributed by atoms with Crippen LogP contribution in [-0.2, 0) is 15.6 Å². The number of aromatic hydroxyl groups is 2. The third-order valence-electron chi connectivity index (χ3n) is 11.5. The Kier molecular flexibility index (Phi) is 15.0. The van der Waals surface area contributed by atoms with Crippen molar-refractivity contribution in [3.63, 3.8) is 0 Å². The molecule has 0 aliphatic heterocycles. The summed E-state index contributed by atoms with van der Waals surface area (Å²) in [6.45, 7) is 1.42. The van der Waals surface area contributed by atoms with Crippen molar-refractivity contribution in [1.29, 1.82) is 0 Å². The number of benzene rings is 6. The third-order valence-corrected chi connectivity index (χ3v) is 11.5. The van der Waals surface area contributed by atoms with E-state index >= 15 is 0 Å². The van der Waals surface area contributed by atoms with E-state index in [0.29, 0.717) is 28.7 Å². The van der Waals surface area contributed by atoms with Crippen molar-refractivity contribution >= 4 is 12.1 Å². The van der Waals surface area contributed by atoms with Gasteiger partial charge < -0.3 is 29.2 Å². The molecule has 0 atom stereocenters. The number of carbonyl (C=O) groups excluding carboxylic acids is 2. The fraction of sp³-hybridized carbons (Fsp3) is 0.269. The monoisotopic (exact) mass is 806 g/mol. The van der Waals surface area contributed by atoms with E-state index in [2.05, 4.69) is 24.3 Å². The van der Waals surface area contributed by atoms with Gasteiger partial charge in [0.05, 0.1) is 7.11 Å². The van der Waals surface area contributed by atoms with Crippen LogP contribution in [0.2, 0.25) is 0 Å². The first-order chi connectivity index (χ1) is 29.2. The molecule has 60 heavy (non-hydrogen) atoms. The second-order valence-electron chi connectivity index (χ2n) is 15.3. The topological polar surface area (TPSA) is 112 Å². The summed E-state index contributed by atoms with van der Waals surface area (Å²) in [5.41, 5.74) is 5.23. The molecule has 2 N–H and O–H groups in total. The summed E-state index contributed by atoms with van der Waals surface area (Å²) in [4.78, 5) is 22.4. The number of hydrogen-bond donors (Lipinski definition) is 2. The number of hydrogen-bond acceptors (Lipinski definition) is 8. The van der Waals surface area contributed by atoms with Crippen molar-refractivity contribution in [3.8, 4) is 34.5 Å². The molecule has 6 aromatic carbocycles. The first-order valence-electron chi connectivity index (χ1n) is 20.7. The predicted octanol–water partition coefficient (Wildman–Crippen LogP) is 12.5. The van der Waals surface area contributed by atoms with E-state index in [1.54, 1.807) is 79.9 Å². The first-order valence-corrected chi connectivity index (χ1v) is 20.7. The summed E-state index contributed by atoms with van der Waals surface area (Å²) in [6.07, 6.45) is 11.3. The Balaban J connectivity index is 0.000000154. The maximum Gasteiger partial charge on any atom is 0.519 e. The molecule has 6 aromatic rings. The molecule has 2 fully saturated rings. The Labute approximate surface area is 353 Å². The van der Waals surface area contributed by atoms with E-state index in [1.165, 1.54) is 67.7 Å². The van der Waals surface area contributed by atoms with Gasteiger partial charge in [0.15, 0.2) is 0 Å². The van der Waals surface area contributed by atoms with Gasteiger partial charge in [0.25, 0.3) is 0 Å². The normalized spacial score (nSPS) is 15.0. The van der Waals surface area contributed by atoms with E-state index < -0.39 is 6.16 Å². The minimum absolute atomic E-state index is 0.0274. The average molecular weight is 807 g/mol. The summed E-state index contributed by atoms with van der Waals surface area (Å²) in [5.74, 6) is 2.75. The average Bonchev–Trinajstić information content (AvgIpc) is 3.28. The molecule has 8 rings (SSSR count). The second kappa shape index (κ2) is 20.9. The maximum atomic E-state index is 11.3. The van der Waals surface area contributed by atoms with Crippen LogP contribution in [0.15, 0.2) is 158 Å². The highest BCUT2D eigenvalue weighted by molar-refractivity contribution is 5.69. The van der Waals surface area contributed by atoms with Crippen molar-refractivity contribution in [1.82, 2.24) is 0 Å². The number of methoxy groups -OCH3 is 1. The number of para-hydroxylation sites is 2. The Hall–Kier alpha value is -6.54. The van der Waals surface area contributed by atoms with Crippen LogP contribution >= 0.6 is 0 Å². The van der Waals surface area contributed by atoms with Gasteiger partial charge in [-0.25, -0.2) is 4.79 Å². The Morgan fingerprint density at radius 3 is 1.07 bits per heavy atom. The van der Waals surface area contributed by atoms with Gasteiger partial charge in [-0.1, -0.05) is 123 Å². The van der Waals surface area contributed by atoms with E-state index in [4.69, 9.17) is 18.9 Å². The van der Waals surface area contributed by atoms with Gasteiger partial charge in [-0.05, 0) is 121 Å². The lowest BCUT2D eigenvalue weighted by Crippen LogP contribution is -2.30. The fourth-order valence-corrected chi connectivity index (χ4v) is 8.47. The molecular weight excluding hydrogens is 753 g/mol. The van der Waals surface area contributed by atoms with Crippen LogP contribution in [0.4, 0.5) is 4.79 Å². The summed E-state index contributed by atoms with van der Waals surface area (Å²) in [6, 6.07) is 49.2. The molecule has 2 aliphatic rings. The first kappa shape index (κ1) is 43.0. The molecular formula is C52H54O8. The highest BCUT2D eigenvalue weighted by Crippen LogP contribution is 2.47. The molecule has 0 radical (unpaired) electrons. The zero-order valence-electron chi connectivity index (χ0n) is 34.4. The van der Waals surface area contributed by atoms with Gasteiger partial charge in [0.1, 0.15) is 34.5 Å². The van der Waals surface area contributed by atoms with Crippen LogP contribution in [0, 0.1) is 0 Å². The predicted molar refractivity (Wildman–Crippen MR) is 234 cm³/mol. The lowest BCUT2D eigenvalue weighted by Gasteiger charge is -2.38. The highest BCUT2D eigenvalue weighted by Gasteiger charge is 2.36. The van der Waals surface area contributed by atoms with Gasteiger partial charge >= 0.3 is 12.1 Å².